The zero-order chi connectivity index (χ0) is 29.8. The molecule has 0 radical (unpaired) electrons. The molecule has 226 valence electrons. The fourth-order valence-electron chi connectivity index (χ4n) is 5.02. The van der Waals surface area contributed by atoms with Crippen molar-refractivity contribution in [1.29, 1.82) is 0 Å². The number of rotatable bonds is 11. The van der Waals surface area contributed by atoms with Crippen molar-refractivity contribution >= 4 is 37.7 Å². The van der Waals surface area contributed by atoms with E-state index in [0.717, 1.165) is 60.7 Å². The first kappa shape index (κ1) is 31.0. The number of benzene rings is 2. The molecule has 14 heteroatoms. The quantitative estimate of drug-likeness (QED) is 0.388. The fraction of sp³-hybridized carbons (Fsp3) is 0.519. The Bertz CT molecular complexity index is 1430. The molecule has 0 saturated heterocycles. The van der Waals surface area contributed by atoms with Crippen molar-refractivity contribution < 1.29 is 35.5 Å². The van der Waals surface area contributed by atoms with Gasteiger partial charge in [0.2, 0.25) is 0 Å². The Morgan fingerprint density at radius 3 is 2.49 bits per heavy atom. The summed E-state index contributed by atoms with van der Waals surface area (Å²) in [6.45, 7) is 3.34. The van der Waals surface area contributed by atoms with Gasteiger partial charge in [-0.1, -0.05) is 26.2 Å². The number of fused-ring (bicyclic) bond motifs is 1. The Morgan fingerprint density at radius 1 is 1.15 bits per heavy atom. The number of carbonyl (C=O) groups is 1. The van der Waals surface area contributed by atoms with Crippen LogP contribution in [0, 0.1) is 5.82 Å². The SMILES string of the molecule is CCCC(C)OC(=O)Nc1ccc2c(c1)N(S(=O)(=O)c1ccc(F)cc1)CC(CNS(=O)(=O)N(C)C1CCCC1)O2. The molecule has 1 saturated carbocycles. The van der Waals surface area contributed by atoms with Gasteiger partial charge in [0.1, 0.15) is 23.8 Å². The van der Waals surface area contributed by atoms with Crippen LogP contribution in [0.3, 0.4) is 0 Å². The molecule has 11 nitrogen and oxygen atoms in total. The minimum Gasteiger partial charge on any atom is -0.485 e. The molecular formula is C27H37FN4O7S2. The van der Waals surface area contributed by atoms with Gasteiger partial charge in [-0.3, -0.25) is 9.62 Å². The second-order valence-electron chi connectivity index (χ2n) is 10.4. The van der Waals surface area contributed by atoms with Gasteiger partial charge in [0, 0.05) is 18.8 Å². The first-order valence-electron chi connectivity index (χ1n) is 13.7. The van der Waals surface area contributed by atoms with E-state index in [4.69, 9.17) is 9.47 Å². The van der Waals surface area contributed by atoms with Crippen molar-refractivity contribution in [2.75, 3.05) is 29.8 Å². The predicted octanol–water partition coefficient (Wildman–Crippen LogP) is 4.23. The van der Waals surface area contributed by atoms with Crippen LogP contribution in [0.5, 0.6) is 5.75 Å². The summed E-state index contributed by atoms with van der Waals surface area (Å²) in [5.74, 6) is -0.416. The van der Waals surface area contributed by atoms with Crippen molar-refractivity contribution in [2.45, 2.75) is 75.5 Å². The monoisotopic (exact) mass is 612 g/mol. The second kappa shape index (κ2) is 12.9. The first-order valence-corrected chi connectivity index (χ1v) is 16.6. The number of nitrogens with zero attached hydrogens (tertiary/aromatic N) is 2. The number of hydrogen-bond donors (Lipinski definition) is 2. The van der Waals surface area contributed by atoms with Crippen LogP contribution in [0.1, 0.15) is 52.4 Å². The maximum atomic E-state index is 13.7. The zero-order valence-corrected chi connectivity index (χ0v) is 25.0. The highest BCUT2D eigenvalue weighted by Crippen LogP contribution is 2.39. The van der Waals surface area contributed by atoms with Crippen molar-refractivity contribution in [1.82, 2.24) is 9.03 Å². The molecule has 0 aromatic heterocycles. The average Bonchev–Trinajstić information content (AvgIpc) is 3.46. The third kappa shape index (κ3) is 7.48. The Labute approximate surface area is 241 Å². The highest BCUT2D eigenvalue weighted by molar-refractivity contribution is 7.92. The van der Waals surface area contributed by atoms with Gasteiger partial charge in [-0.15, -0.1) is 0 Å². The highest BCUT2D eigenvalue weighted by atomic mass is 32.2. The molecule has 2 aromatic carbocycles. The number of halogens is 1. The molecule has 1 heterocycles. The van der Waals surface area contributed by atoms with E-state index in [1.165, 1.54) is 29.6 Å². The predicted molar refractivity (Wildman–Crippen MR) is 153 cm³/mol. The second-order valence-corrected chi connectivity index (χ2v) is 14.0. The number of carbonyl (C=O) groups excluding carboxylic acids is 1. The van der Waals surface area contributed by atoms with E-state index in [1.807, 2.05) is 6.92 Å². The Hall–Kier alpha value is -2.94. The summed E-state index contributed by atoms with van der Waals surface area (Å²) in [5.41, 5.74) is 0.411. The van der Waals surface area contributed by atoms with Gasteiger partial charge in [-0.2, -0.15) is 17.4 Å². The fourth-order valence-corrected chi connectivity index (χ4v) is 7.72. The van der Waals surface area contributed by atoms with E-state index in [-0.39, 0.29) is 47.3 Å². The smallest absolute Gasteiger partial charge is 0.411 e. The molecule has 1 aliphatic heterocycles. The number of amides is 1. The molecule has 2 aromatic rings. The van der Waals surface area contributed by atoms with Crippen LogP contribution >= 0.6 is 0 Å². The van der Waals surface area contributed by atoms with Crippen molar-refractivity contribution in [3.63, 3.8) is 0 Å². The molecule has 41 heavy (non-hydrogen) atoms. The standard InChI is InChI=1S/C27H37FN4O7S2/c1-4-7-19(2)38-27(33)30-21-12-15-26-25(16-21)32(40(34,35)24-13-10-20(28)11-14-24)18-23(39-26)17-29-41(36,37)31(3)22-8-5-6-9-22/h10-16,19,22-23,29H,4-9,17-18H2,1-3H3,(H,30,33). The van der Waals surface area contributed by atoms with Crippen LogP contribution in [0.4, 0.5) is 20.6 Å². The van der Waals surface area contributed by atoms with Gasteiger partial charge < -0.3 is 9.47 Å². The molecule has 4 rings (SSSR count). The molecule has 1 amide bonds. The number of hydrogen-bond acceptors (Lipinski definition) is 7. The largest absolute Gasteiger partial charge is 0.485 e. The van der Waals surface area contributed by atoms with Crippen LogP contribution in [0.15, 0.2) is 47.4 Å². The molecule has 2 aliphatic rings. The minimum atomic E-state index is -4.22. The topological polar surface area (TPSA) is 134 Å². The van der Waals surface area contributed by atoms with Crippen LogP contribution in [-0.2, 0) is 25.0 Å². The van der Waals surface area contributed by atoms with Crippen molar-refractivity contribution in [3.05, 3.63) is 48.3 Å². The van der Waals surface area contributed by atoms with Gasteiger partial charge in [0.05, 0.1) is 23.7 Å². The lowest BCUT2D eigenvalue weighted by molar-refractivity contribution is 0.115. The lowest BCUT2D eigenvalue weighted by atomic mass is 10.2. The van der Waals surface area contributed by atoms with E-state index in [2.05, 4.69) is 10.0 Å². The lowest BCUT2D eigenvalue weighted by Gasteiger charge is -2.36. The van der Waals surface area contributed by atoms with E-state index in [0.29, 0.717) is 6.42 Å². The molecule has 2 atom stereocenters. The average molecular weight is 613 g/mol. The Morgan fingerprint density at radius 2 is 1.83 bits per heavy atom. The summed E-state index contributed by atoms with van der Waals surface area (Å²) in [6, 6.07) is 8.79. The van der Waals surface area contributed by atoms with Crippen LogP contribution < -0.4 is 19.1 Å². The third-order valence-electron chi connectivity index (χ3n) is 7.25. The molecular weight excluding hydrogens is 575 g/mol. The van der Waals surface area contributed by atoms with Gasteiger partial charge in [-0.25, -0.2) is 17.6 Å². The van der Waals surface area contributed by atoms with Gasteiger partial charge >= 0.3 is 6.09 Å². The maximum Gasteiger partial charge on any atom is 0.411 e. The van der Waals surface area contributed by atoms with Crippen LogP contribution in [0.25, 0.3) is 0 Å². The summed E-state index contributed by atoms with van der Waals surface area (Å²) in [6.07, 6.45) is 3.19. The summed E-state index contributed by atoms with van der Waals surface area (Å²) in [7, 11) is -6.53. The van der Waals surface area contributed by atoms with E-state index in [9.17, 15) is 26.0 Å². The number of anilines is 2. The molecule has 1 aliphatic carbocycles. The van der Waals surface area contributed by atoms with Crippen LogP contribution in [0.2, 0.25) is 0 Å². The summed E-state index contributed by atoms with van der Waals surface area (Å²) in [5, 5.41) is 2.61. The molecule has 2 unspecified atom stereocenters. The van der Waals surface area contributed by atoms with E-state index >= 15 is 0 Å². The summed E-state index contributed by atoms with van der Waals surface area (Å²) < 4.78 is 83.2. The Kier molecular flexibility index (Phi) is 9.77. The van der Waals surface area contributed by atoms with Crippen molar-refractivity contribution in [2.24, 2.45) is 0 Å². The van der Waals surface area contributed by atoms with Gasteiger partial charge in [0.25, 0.3) is 20.2 Å². The maximum absolute atomic E-state index is 13.7. The molecule has 2 N–H and O–H groups in total. The third-order valence-corrected chi connectivity index (χ3v) is 10.6. The summed E-state index contributed by atoms with van der Waals surface area (Å²) >= 11 is 0. The number of nitrogens with one attached hydrogen (secondary N) is 2. The summed E-state index contributed by atoms with van der Waals surface area (Å²) in [4.78, 5) is 12.2. The molecule has 0 spiro atoms. The van der Waals surface area contributed by atoms with Crippen molar-refractivity contribution in [3.8, 4) is 5.75 Å². The van der Waals surface area contributed by atoms with E-state index < -0.39 is 38.2 Å². The van der Waals surface area contributed by atoms with Gasteiger partial charge in [0.15, 0.2) is 0 Å². The molecule has 0 bridgehead atoms. The van der Waals surface area contributed by atoms with Crippen LogP contribution in [-0.4, -0.2) is 65.6 Å². The number of sulfonamides is 1. The normalized spacial score (nSPS) is 18.6. The molecule has 1 fully saturated rings. The lowest BCUT2D eigenvalue weighted by Crippen LogP contribution is -2.51. The first-order chi connectivity index (χ1) is 19.4. The number of ether oxygens (including phenoxy) is 2. The zero-order valence-electron chi connectivity index (χ0n) is 23.4. The Balaban J connectivity index is 1.59. The highest BCUT2D eigenvalue weighted by Gasteiger charge is 2.36. The van der Waals surface area contributed by atoms with E-state index in [1.54, 1.807) is 6.92 Å². The minimum absolute atomic E-state index is 0.0848. The van der Waals surface area contributed by atoms with Gasteiger partial charge in [-0.05, 0) is 68.7 Å².